The van der Waals surface area contributed by atoms with Crippen LogP contribution in [0.15, 0.2) is 18.2 Å². The van der Waals surface area contributed by atoms with Crippen LogP contribution in [0.5, 0.6) is 0 Å². The number of rotatable bonds is 1. The Kier molecular flexibility index (Phi) is 3.29. The highest BCUT2D eigenvalue weighted by atomic mass is 16.2. The monoisotopic (exact) mass is 282 g/mol. The van der Waals surface area contributed by atoms with Gasteiger partial charge in [-0.2, -0.15) is 5.26 Å². The number of hydrogen-bond donors (Lipinski definition) is 0. The van der Waals surface area contributed by atoms with E-state index in [0.29, 0.717) is 17.7 Å². The number of carbonyl (C=O) groups is 2. The molecule has 1 aliphatic carbocycles. The molecule has 1 saturated heterocycles. The van der Waals surface area contributed by atoms with Crippen molar-refractivity contribution < 1.29 is 9.59 Å². The number of hydrogen-bond acceptors (Lipinski definition) is 3. The van der Waals surface area contributed by atoms with E-state index in [-0.39, 0.29) is 11.8 Å². The summed E-state index contributed by atoms with van der Waals surface area (Å²) in [6.07, 6.45) is 5.03. The van der Waals surface area contributed by atoms with Crippen molar-refractivity contribution in [3.63, 3.8) is 0 Å². The second-order valence-corrected chi connectivity index (χ2v) is 6.13. The molecule has 4 heteroatoms. The maximum Gasteiger partial charge on any atom is 0.240 e. The molecule has 1 aromatic rings. The third-order valence-electron chi connectivity index (χ3n) is 4.81. The van der Waals surface area contributed by atoms with E-state index in [4.69, 9.17) is 0 Å². The molecule has 2 fully saturated rings. The largest absolute Gasteiger partial charge is 0.274 e. The summed E-state index contributed by atoms with van der Waals surface area (Å²) in [5.74, 6) is -0.265. The van der Waals surface area contributed by atoms with Crippen LogP contribution in [0.2, 0.25) is 0 Å². The number of amides is 2. The summed E-state index contributed by atoms with van der Waals surface area (Å²) in [6.45, 7) is 1.82. The molecule has 0 atom stereocenters. The molecule has 0 unspecified atom stereocenters. The highest BCUT2D eigenvalue weighted by Gasteiger charge is 2.52. The fourth-order valence-corrected chi connectivity index (χ4v) is 3.64. The molecule has 1 spiro atoms. The Hall–Kier alpha value is -2.15. The molecule has 1 aromatic carbocycles. The zero-order chi connectivity index (χ0) is 15.0. The molecule has 108 valence electrons. The highest BCUT2D eigenvalue weighted by molar-refractivity contribution is 6.23. The molecular formula is C17H18N2O2. The molecule has 0 bridgehead atoms. The zero-order valence-corrected chi connectivity index (χ0v) is 12.2. The van der Waals surface area contributed by atoms with Gasteiger partial charge in [-0.1, -0.05) is 31.4 Å². The van der Waals surface area contributed by atoms with E-state index in [9.17, 15) is 14.9 Å². The maximum absolute atomic E-state index is 12.9. The van der Waals surface area contributed by atoms with Gasteiger partial charge in [-0.25, -0.2) is 4.90 Å². The Morgan fingerprint density at radius 3 is 2.57 bits per heavy atom. The SMILES string of the molecule is Cc1cccc(N2C(=O)CC3(CCCCC3)C2=O)c1C#N. The topological polar surface area (TPSA) is 61.2 Å². The van der Waals surface area contributed by atoms with Gasteiger partial charge in [-0.3, -0.25) is 9.59 Å². The molecule has 0 aromatic heterocycles. The second kappa shape index (κ2) is 5.00. The van der Waals surface area contributed by atoms with Crippen molar-refractivity contribution in [2.75, 3.05) is 4.90 Å². The van der Waals surface area contributed by atoms with Crippen LogP contribution >= 0.6 is 0 Å². The van der Waals surface area contributed by atoms with E-state index in [1.807, 2.05) is 13.0 Å². The van der Waals surface area contributed by atoms with Crippen LogP contribution in [0.3, 0.4) is 0 Å². The maximum atomic E-state index is 12.9. The highest BCUT2D eigenvalue weighted by Crippen LogP contribution is 2.47. The van der Waals surface area contributed by atoms with E-state index in [1.165, 1.54) is 4.90 Å². The van der Waals surface area contributed by atoms with Gasteiger partial charge in [0.05, 0.1) is 16.7 Å². The third kappa shape index (κ3) is 2.04. The van der Waals surface area contributed by atoms with Gasteiger partial charge in [-0.05, 0) is 31.4 Å². The van der Waals surface area contributed by atoms with E-state index >= 15 is 0 Å². The van der Waals surface area contributed by atoms with Crippen LogP contribution in [0.4, 0.5) is 5.69 Å². The Morgan fingerprint density at radius 2 is 1.90 bits per heavy atom. The van der Waals surface area contributed by atoms with E-state index in [0.717, 1.165) is 37.7 Å². The minimum Gasteiger partial charge on any atom is -0.274 e. The smallest absolute Gasteiger partial charge is 0.240 e. The Morgan fingerprint density at radius 1 is 1.19 bits per heavy atom. The van der Waals surface area contributed by atoms with Crippen molar-refractivity contribution in [3.05, 3.63) is 29.3 Å². The predicted octanol–water partition coefficient (Wildman–Crippen LogP) is 3.08. The van der Waals surface area contributed by atoms with Crippen molar-refractivity contribution in [1.29, 1.82) is 5.26 Å². The molecule has 2 aliphatic rings. The lowest BCUT2D eigenvalue weighted by atomic mass is 9.73. The Bertz CT molecular complexity index is 651. The van der Waals surface area contributed by atoms with Gasteiger partial charge in [0, 0.05) is 6.42 Å². The fraction of sp³-hybridized carbons (Fsp3) is 0.471. The summed E-state index contributed by atoms with van der Waals surface area (Å²) in [5.41, 5.74) is 1.16. The van der Waals surface area contributed by atoms with Crippen molar-refractivity contribution in [2.45, 2.75) is 45.4 Å². The Labute approximate surface area is 124 Å². The van der Waals surface area contributed by atoms with Crippen molar-refractivity contribution in [1.82, 2.24) is 0 Å². The lowest BCUT2D eigenvalue weighted by Gasteiger charge is -2.30. The average molecular weight is 282 g/mol. The van der Waals surface area contributed by atoms with Crippen LogP contribution in [0, 0.1) is 23.7 Å². The lowest BCUT2D eigenvalue weighted by molar-refractivity contribution is -0.127. The quantitative estimate of drug-likeness (QED) is 0.744. The van der Waals surface area contributed by atoms with E-state index in [1.54, 1.807) is 12.1 Å². The molecule has 0 N–H and O–H groups in total. The van der Waals surface area contributed by atoms with Gasteiger partial charge in [0.25, 0.3) is 0 Å². The van der Waals surface area contributed by atoms with Crippen LogP contribution in [-0.2, 0) is 9.59 Å². The molecule has 1 heterocycles. The summed E-state index contributed by atoms with van der Waals surface area (Å²) < 4.78 is 0. The molecule has 4 nitrogen and oxygen atoms in total. The second-order valence-electron chi connectivity index (χ2n) is 6.13. The van der Waals surface area contributed by atoms with Crippen LogP contribution in [-0.4, -0.2) is 11.8 Å². The van der Waals surface area contributed by atoms with Crippen molar-refractivity contribution in [3.8, 4) is 6.07 Å². The zero-order valence-electron chi connectivity index (χ0n) is 12.2. The summed E-state index contributed by atoms with van der Waals surface area (Å²) in [7, 11) is 0. The van der Waals surface area contributed by atoms with Crippen molar-refractivity contribution in [2.24, 2.45) is 5.41 Å². The first kappa shape index (κ1) is 13.8. The molecule has 2 amide bonds. The predicted molar refractivity (Wildman–Crippen MR) is 78.5 cm³/mol. The normalized spacial score (nSPS) is 20.9. The summed E-state index contributed by atoms with van der Waals surface area (Å²) in [6, 6.07) is 7.44. The fourth-order valence-electron chi connectivity index (χ4n) is 3.64. The van der Waals surface area contributed by atoms with Crippen LogP contribution in [0.1, 0.15) is 49.7 Å². The molecule has 3 rings (SSSR count). The molecule has 1 saturated carbocycles. The molecule has 21 heavy (non-hydrogen) atoms. The number of nitriles is 1. The van der Waals surface area contributed by atoms with Gasteiger partial charge in [0.15, 0.2) is 0 Å². The average Bonchev–Trinajstić information content (AvgIpc) is 2.70. The van der Waals surface area contributed by atoms with Gasteiger partial charge >= 0.3 is 0 Å². The summed E-state index contributed by atoms with van der Waals surface area (Å²) in [5, 5.41) is 9.33. The number of benzene rings is 1. The number of aryl methyl sites for hydroxylation is 1. The third-order valence-corrected chi connectivity index (χ3v) is 4.81. The van der Waals surface area contributed by atoms with Crippen molar-refractivity contribution >= 4 is 17.5 Å². The summed E-state index contributed by atoms with van der Waals surface area (Å²) >= 11 is 0. The molecule has 0 radical (unpaired) electrons. The first-order chi connectivity index (χ1) is 10.1. The van der Waals surface area contributed by atoms with E-state index in [2.05, 4.69) is 6.07 Å². The number of imide groups is 1. The lowest BCUT2D eigenvalue weighted by Crippen LogP contribution is -2.37. The van der Waals surface area contributed by atoms with Gasteiger partial charge < -0.3 is 0 Å². The first-order valence-corrected chi connectivity index (χ1v) is 7.46. The summed E-state index contributed by atoms with van der Waals surface area (Å²) in [4.78, 5) is 26.6. The molecule has 1 aliphatic heterocycles. The van der Waals surface area contributed by atoms with Gasteiger partial charge in [-0.15, -0.1) is 0 Å². The van der Waals surface area contributed by atoms with Crippen LogP contribution in [0.25, 0.3) is 0 Å². The molecular weight excluding hydrogens is 264 g/mol. The minimum absolute atomic E-state index is 0.102. The van der Waals surface area contributed by atoms with Gasteiger partial charge in [0.1, 0.15) is 6.07 Å². The number of nitrogens with zero attached hydrogens (tertiary/aromatic N) is 2. The van der Waals surface area contributed by atoms with Gasteiger partial charge in [0.2, 0.25) is 11.8 Å². The standard InChI is InChI=1S/C17H18N2O2/c1-12-6-5-7-14(13(12)11-18)19-15(20)10-17(16(19)21)8-3-2-4-9-17/h5-7H,2-4,8-10H2,1H3. The first-order valence-electron chi connectivity index (χ1n) is 7.46. The minimum atomic E-state index is -0.508. The van der Waals surface area contributed by atoms with E-state index < -0.39 is 5.41 Å². The number of carbonyl (C=O) groups excluding carboxylic acids is 2. The number of anilines is 1. The Balaban J connectivity index is 2.04. The van der Waals surface area contributed by atoms with Crippen LogP contribution < -0.4 is 4.90 Å².